The van der Waals surface area contributed by atoms with Crippen LogP contribution in [0.3, 0.4) is 0 Å². The van der Waals surface area contributed by atoms with Gasteiger partial charge in [0.1, 0.15) is 36.6 Å². The van der Waals surface area contributed by atoms with E-state index in [1.54, 1.807) is 0 Å². The summed E-state index contributed by atoms with van der Waals surface area (Å²) in [6.45, 7) is 13.0. The van der Waals surface area contributed by atoms with Crippen LogP contribution in [-0.2, 0) is 18.9 Å². The maximum absolute atomic E-state index is 11.1. The molecule has 10 N–H and O–H groups in total. The highest BCUT2D eigenvalue weighted by molar-refractivity contribution is 5.04. The maximum atomic E-state index is 11.1. The number of unbranched alkanes of at least 4 members (excludes halogenated alkanes) is 24. The molecule has 0 aromatic heterocycles. The molecule has 0 bridgehead atoms. The van der Waals surface area contributed by atoms with Crippen molar-refractivity contribution in [1.29, 1.82) is 0 Å². The molecule has 0 radical (unpaired) electrons. The molecule has 0 aromatic rings. The summed E-state index contributed by atoms with van der Waals surface area (Å²) in [5, 5.41) is 103. The molecule has 16 nitrogen and oxygen atoms in total. The standard InChI is InChI=1S/C63H126N2O14/c1-5-9-13-17-21-25-30-38-54(36-28-23-19-15-11-7-3)64(50-56(68)60(72)62(74)58(70)52-66)40-34-44-76-42-32-27-33-43-77-46-48-79-49-47-78-45-35-41-65(51-57(69)61(73)63(75)59(71)53-67)55(37-29-24-20-16-12-8-4)39-31-26-22-18-14-10-6-2/h38-39,56-63,66-75H,5-37,40-53H2,1-4H3/b54-38-,55-39-/t56-,57-,58+,59+,60+,61+,62+,63+/m0/s1. The van der Waals surface area contributed by atoms with Crippen molar-refractivity contribution in [1.82, 2.24) is 9.80 Å². The van der Waals surface area contributed by atoms with Crippen LogP contribution in [0.25, 0.3) is 0 Å². The number of aliphatic hydroxyl groups excluding tert-OH is 10. The van der Waals surface area contributed by atoms with Gasteiger partial charge in [-0.25, -0.2) is 0 Å². The monoisotopic (exact) mass is 1130 g/mol. The summed E-state index contributed by atoms with van der Waals surface area (Å²) in [6, 6.07) is 0. The molecule has 0 rings (SSSR count). The summed E-state index contributed by atoms with van der Waals surface area (Å²) in [5.74, 6) is 0. The second-order valence-electron chi connectivity index (χ2n) is 22.2. The van der Waals surface area contributed by atoms with Gasteiger partial charge in [-0.15, -0.1) is 0 Å². The number of nitrogens with zero attached hydrogens (tertiary/aromatic N) is 2. The van der Waals surface area contributed by atoms with Crippen molar-refractivity contribution in [2.45, 2.75) is 288 Å². The second-order valence-corrected chi connectivity index (χ2v) is 22.2. The Bertz CT molecular complexity index is 1240. The molecule has 0 saturated carbocycles. The predicted octanol–water partition coefficient (Wildman–Crippen LogP) is 9.25. The van der Waals surface area contributed by atoms with Crippen LogP contribution >= 0.6 is 0 Å². The van der Waals surface area contributed by atoms with E-state index in [0.29, 0.717) is 72.4 Å². The first-order valence-corrected chi connectivity index (χ1v) is 32.3. The zero-order valence-electron chi connectivity index (χ0n) is 51.0. The number of allylic oxidation sites excluding steroid dienone is 4. The van der Waals surface area contributed by atoms with E-state index in [1.165, 1.54) is 116 Å². The molecule has 0 aliphatic heterocycles. The molecule has 0 heterocycles. The van der Waals surface area contributed by atoms with E-state index in [4.69, 9.17) is 18.9 Å². The highest BCUT2D eigenvalue weighted by Crippen LogP contribution is 2.23. The van der Waals surface area contributed by atoms with Gasteiger partial charge in [0.2, 0.25) is 0 Å². The Labute approximate surface area is 482 Å². The van der Waals surface area contributed by atoms with E-state index < -0.39 is 62.0 Å². The fraction of sp³-hybridized carbons (Fsp3) is 0.937. The Morgan fingerprint density at radius 2 is 0.582 bits per heavy atom. The first-order chi connectivity index (χ1) is 38.4. The van der Waals surface area contributed by atoms with Gasteiger partial charge in [-0.2, -0.15) is 0 Å². The third kappa shape index (κ3) is 43.8. The van der Waals surface area contributed by atoms with Gasteiger partial charge in [0.25, 0.3) is 0 Å². The fourth-order valence-corrected chi connectivity index (χ4v) is 9.78. The van der Waals surface area contributed by atoms with Crippen LogP contribution in [0.4, 0.5) is 0 Å². The van der Waals surface area contributed by atoms with Crippen molar-refractivity contribution < 1.29 is 70.0 Å². The molecule has 0 amide bonds. The molecule has 8 atom stereocenters. The normalized spacial score (nSPS) is 15.5. The van der Waals surface area contributed by atoms with E-state index in [9.17, 15) is 51.1 Å². The minimum absolute atomic E-state index is 0.0832. The van der Waals surface area contributed by atoms with Gasteiger partial charge >= 0.3 is 0 Å². The highest BCUT2D eigenvalue weighted by Gasteiger charge is 2.33. The molecule has 16 heteroatoms. The lowest BCUT2D eigenvalue weighted by Crippen LogP contribution is -2.49. The van der Waals surface area contributed by atoms with Crippen molar-refractivity contribution in [2.75, 3.05) is 92.2 Å². The van der Waals surface area contributed by atoms with E-state index >= 15 is 0 Å². The lowest BCUT2D eigenvalue weighted by atomic mass is 10.0. The summed E-state index contributed by atoms with van der Waals surface area (Å²) in [6.07, 6.45) is 28.6. The van der Waals surface area contributed by atoms with E-state index in [1.807, 2.05) is 0 Å². The Balaban J connectivity index is 4.97. The summed E-state index contributed by atoms with van der Waals surface area (Å²) in [7, 11) is 0. The number of ether oxygens (including phenoxy) is 4. The van der Waals surface area contributed by atoms with Crippen molar-refractivity contribution in [3.05, 3.63) is 23.5 Å². The smallest absolute Gasteiger partial charge is 0.111 e. The average molecular weight is 1140 g/mol. The summed E-state index contributed by atoms with van der Waals surface area (Å²) >= 11 is 0. The van der Waals surface area contributed by atoms with Crippen molar-refractivity contribution >= 4 is 0 Å². The number of hydrogen-bond donors (Lipinski definition) is 10. The molecular formula is C63H126N2O14. The Morgan fingerprint density at radius 3 is 0.924 bits per heavy atom. The number of aliphatic hydroxyl groups is 10. The minimum atomic E-state index is -1.67. The lowest BCUT2D eigenvalue weighted by Gasteiger charge is -2.33. The van der Waals surface area contributed by atoms with Gasteiger partial charge in [-0.3, -0.25) is 0 Å². The maximum Gasteiger partial charge on any atom is 0.111 e. The molecule has 0 aliphatic rings. The van der Waals surface area contributed by atoms with E-state index in [2.05, 4.69) is 49.6 Å². The first kappa shape index (κ1) is 77.5. The minimum Gasteiger partial charge on any atom is -0.394 e. The van der Waals surface area contributed by atoms with Gasteiger partial charge < -0.3 is 79.8 Å². The number of rotatable bonds is 62. The molecule has 0 fully saturated rings. The molecule has 0 saturated heterocycles. The van der Waals surface area contributed by atoms with Gasteiger partial charge in [0, 0.05) is 64.0 Å². The Morgan fingerprint density at radius 1 is 0.316 bits per heavy atom. The molecule has 0 spiro atoms. The third-order valence-electron chi connectivity index (χ3n) is 15.0. The summed E-state index contributed by atoms with van der Waals surface area (Å²) in [5.41, 5.74) is 2.27. The summed E-state index contributed by atoms with van der Waals surface area (Å²) < 4.78 is 23.5. The lowest BCUT2D eigenvalue weighted by molar-refractivity contribution is -0.118. The molecule has 472 valence electrons. The summed E-state index contributed by atoms with van der Waals surface area (Å²) in [4.78, 5) is 4.23. The third-order valence-corrected chi connectivity index (χ3v) is 15.0. The van der Waals surface area contributed by atoms with E-state index in [0.717, 1.165) is 101 Å². The van der Waals surface area contributed by atoms with Gasteiger partial charge in [0.05, 0.1) is 51.8 Å². The fourth-order valence-electron chi connectivity index (χ4n) is 9.78. The van der Waals surface area contributed by atoms with Gasteiger partial charge in [-0.1, -0.05) is 168 Å². The zero-order valence-corrected chi connectivity index (χ0v) is 51.0. The van der Waals surface area contributed by atoms with Crippen molar-refractivity contribution in [3.8, 4) is 0 Å². The SMILES string of the molecule is CCCCCCCC/C=C(/CCCCCCCC)N(CCCOCCCCCOCCOCCOCCCN(C[C@H](O)[C@@H](O)[C@H](O)[C@H](O)CO)/C(=C\CCCCCCCC)CCCCCCCC)C[C@H](O)[C@@H](O)[C@H](O)[C@H](O)CO. The Hall–Kier alpha value is -1.48. The molecule has 79 heavy (non-hydrogen) atoms. The van der Waals surface area contributed by atoms with Gasteiger partial charge in [0.15, 0.2) is 0 Å². The molecule has 0 aliphatic carbocycles. The van der Waals surface area contributed by atoms with Gasteiger partial charge in [-0.05, 0) is 83.5 Å². The van der Waals surface area contributed by atoms with Crippen molar-refractivity contribution in [2.24, 2.45) is 0 Å². The topological polar surface area (TPSA) is 246 Å². The molecular weight excluding hydrogens is 1010 g/mol. The molecule has 0 unspecified atom stereocenters. The average Bonchev–Trinajstić information content (AvgIpc) is 3.45. The van der Waals surface area contributed by atoms with Crippen LogP contribution in [0.5, 0.6) is 0 Å². The van der Waals surface area contributed by atoms with Crippen LogP contribution < -0.4 is 0 Å². The highest BCUT2D eigenvalue weighted by atomic mass is 16.5. The quantitative estimate of drug-likeness (QED) is 0.0255. The van der Waals surface area contributed by atoms with Crippen LogP contribution in [0.15, 0.2) is 23.5 Å². The van der Waals surface area contributed by atoms with E-state index in [-0.39, 0.29) is 13.1 Å². The van der Waals surface area contributed by atoms with Crippen LogP contribution in [0.1, 0.15) is 240 Å². The zero-order chi connectivity index (χ0) is 58.4. The van der Waals surface area contributed by atoms with Crippen molar-refractivity contribution in [3.63, 3.8) is 0 Å². The largest absolute Gasteiger partial charge is 0.394 e. The first-order valence-electron chi connectivity index (χ1n) is 32.3. The number of hydrogen-bond acceptors (Lipinski definition) is 16. The second kappa shape index (κ2) is 57.0. The van der Waals surface area contributed by atoms with Crippen LogP contribution in [0.2, 0.25) is 0 Å². The van der Waals surface area contributed by atoms with Crippen LogP contribution in [-0.4, -0.2) is 202 Å². The Kier molecular flexibility index (Phi) is 55.9. The molecule has 0 aromatic carbocycles. The van der Waals surface area contributed by atoms with Crippen LogP contribution in [0, 0.1) is 0 Å². The predicted molar refractivity (Wildman–Crippen MR) is 320 cm³/mol.